The van der Waals surface area contributed by atoms with Gasteiger partial charge in [-0.2, -0.15) is 0 Å². The zero-order valence-corrected chi connectivity index (χ0v) is 32.6. The van der Waals surface area contributed by atoms with Crippen LogP contribution in [0.3, 0.4) is 0 Å². The van der Waals surface area contributed by atoms with Gasteiger partial charge in [-0.1, -0.05) is 218 Å². The molecule has 0 N–H and O–H groups in total. The molecule has 0 saturated carbocycles. The first-order chi connectivity index (χ1) is 29.3. The lowest BCUT2D eigenvalue weighted by molar-refractivity contribution is 1.44. The van der Waals surface area contributed by atoms with Gasteiger partial charge in [0.15, 0.2) is 0 Å². The van der Waals surface area contributed by atoms with Crippen molar-refractivity contribution in [1.82, 2.24) is 0 Å². The second-order valence-corrected chi connectivity index (χ2v) is 15.0. The van der Waals surface area contributed by atoms with Crippen LogP contribution in [0.15, 0.2) is 224 Å². The topological polar surface area (TPSA) is 0 Å². The second kappa shape index (κ2) is 16.0. The predicted molar refractivity (Wildman–Crippen MR) is 254 cm³/mol. The van der Waals surface area contributed by atoms with Crippen molar-refractivity contribution in [2.45, 2.75) is 6.42 Å². The van der Waals surface area contributed by atoms with Crippen LogP contribution in [-0.4, -0.2) is 0 Å². The van der Waals surface area contributed by atoms with Gasteiger partial charge in [0, 0.05) is 6.42 Å². The van der Waals surface area contributed by atoms with Crippen LogP contribution in [0.25, 0.3) is 77.9 Å². The van der Waals surface area contributed by atoms with Crippen molar-refractivity contribution >= 4 is 55.6 Å². The fourth-order valence-electron chi connectivity index (χ4n) is 8.58. The molecule has 1 aliphatic carbocycles. The van der Waals surface area contributed by atoms with E-state index < -0.39 is 0 Å². The second-order valence-electron chi connectivity index (χ2n) is 15.0. The summed E-state index contributed by atoms with van der Waals surface area (Å²) in [5, 5.41) is 7.50. The van der Waals surface area contributed by atoms with E-state index in [0.717, 1.165) is 17.5 Å². The Hall–Kier alpha value is -7.72. The average molecular weight is 749 g/mol. The van der Waals surface area contributed by atoms with Gasteiger partial charge in [-0.3, -0.25) is 0 Å². The van der Waals surface area contributed by atoms with Crippen LogP contribution < -0.4 is 0 Å². The van der Waals surface area contributed by atoms with Gasteiger partial charge in [0.2, 0.25) is 0 Å². The summed E-state index contributed by atoms with van der Waals surface area (Å²) in [5.74, 6) is 6.34. The summed E-state index contributed by atoms with van der Waals surface area (Å²) in [4.78, 5) is 0. The molecular weight excluding hydrogens is 709 g/mol. The first kappa shape index (κ1) is 35.7. The van der Waals surface area contributed by atoms with Gasteiger partial charge in [-0.25, -0.2) is 0 Å². The minimum atomic E-state index is 0.737. The van der Waals surface area contributed by atoms with Crippen molar-refractivity contribution in [2.75, 3.05) is 0 Å². The summed E-state index contributed by atoms with van der Waals surface area (Å²) in [5.41, 5.74) is 14.4. The highest BCUT2D eigenvalue weighted by Crippen LogP contribution is 2.46. The highest BCUT2D eigenvalue weighted by molar-refractivity contribution is 6.28. The molecule has 0 heteroatoms. The molecule has 1 aliphatic rings. The van der Waals surface area contributed by atoms with Crippen molar-refractivity contribution in [1.29, 1.82) is 0 Å². The number of fused-ring (bicyclic) bond motifs is 4. The van der Waals surface area contributed by atoms with Crippen molar-refractivity contribution < 1.29 is 0 Å². The molecule has 0 atom stereocenters. The summed E-state index contributed by atoms with van der Waals surface area (Å²) in [6, 6.07) is 72.6. The van der Waals surface area contributed by atoms with Gasteiger partial charge < -0.3 is 0 Å². The van der Waals surface area contributed by atoms with Crippen molar-refractivity contribution in [3.05, 3.63) is 252 Å². The minimum Gasteiger partial charge on any atom is -0.0943 e. The number of rotatable bonds is 8. The maximum atomic E-state index is 3.21. The smallest absolute Gasteiger partial charge is 0.0282 e. The molecule has 0 bridgehead atoms. The highest BCUT2D eigenvalue weighted by atomic mass is 14.2. The monoisotopic (exact) mass is 748 g/mol. The van der Waals surface area contributed by atoms with Crippen LogP contribution in [0.2, 0.25) is 0 Å². The molecule has 9 aromatic carbocycles. The lowest BCUT2D eigenvalue weighted by Gasteiger charge is -2.19. The van der Waals surface area contributed by atoms with E-state index in [0.29, 0.717) is 0 Å². The summed E-state index contributed by atoms with van der Waals surface area (Å²) >= 11 is 0. The molecule has 276 valence electrons. The van der Waals surface area contributed by atoms with E-state index in [1.54, 1.807) is 0 Å². The fraction of sp³-hybridized carbons (Fsp3) is 0.0169. The predicted octanol–water partition coefficient (Wildman–Crippen LogP) is 15.5. The van der Waals surface area contributed by atoms with E-state index in [-0.39, 0.29) is 0 Å². The average Bonchev–Trinajstić information content (AvgIpc) is 3.60. The van der Waals surface area contributed by atoms with Gasteiger partial charge in [-0.15, -0.1) is 0 Å². The highest BCUT2D eigenvalue weighted by Gasteiger charge is 2.19. The van der Waals surface area contributed by atoms with Crippen LogP contribution in [-0.2, 0) is 0 Å². The molecule has 0 nitrogen and oxygen atoms in total. The molecule has 0 spiro atoms. The molecule has 0 amide bonds. The van der Waals surface area contributed by atoms with E-state index in [9.17, 15) is 0 Å². The molecule has 0 aliphatic heterocycles. The lowest BCUT2D eigenvalue weighted by atomic mass is 9.83. The van der Waals surface area contributed by atoms with E-state index in [1.165, 1.54) is 88.0 Å². The number of benzene rings is 9. The fourth-order valence-corrected chi connectivity index (χ4v) is 8.58. The molecule has 10 rings (SSSR count). The zero-order chi connectivity index (χ0) is 39.4. The molecule has 0 fully saturated rings. The Morgan fingerprint density at radius 3 is 1.51 bits per heavy atom. The van der Waals surface area contributed by atoms with Gasteiger partial charge >= 0.3 is 0 Å². The van der Waals surface area contributed by atoms with Crippen LogP contribution in [0.4, 0.5) is 0 Å². The normalized spacial score (nSPS) is 12.5. The quantitative estimate of drug-likeness (QED) is 0.0628. The van der Waals surface area contributed by atoms with Crippen LogP contribution >= 0.6 is 0 Å². The number of hydrogen-bond acceptors (Lipinski definition) is 0. The third-order valence-corrected chi connectivity index (χ3v) is 11.4. The first-order valence-corrected chi connectivity index (χ1v) is 20.3. The third-order valence-electron chi connectivity index (χ3n) is 11.4. The van der Waals surface area contributed by atoms with E-state index in [4.69, 9.17) is 0 Å². The van der Waals surface area contributed by atoms with E-state index in [1.807, 2.05) is 6.08 Å². The minimum absolute atomic E-state index is 0.737. The van der Waals surface area contributed by atoms with E-state index >= 15 is 0 Å². The van der Waals surface area contributed by atoms with Gasteiger partial charge in [0.25, 0.3) is 0 Å². The molecule has 0 aromatic heterocycles. The molecule has 59 heavy (non-hydrogen) atoms. The van der Waals surface area contributed by atoms with E-state index in [2.05, 4.69) is 236 Å². The Labute approximate surface area is 346 Å². The van der Waals surface area contributed by atoms with Crippen molar-refractivity contribution in [3.8, 4) is 34.1 Å². The Kier molecular flexibility index (Phi) is 9.69. The van der Waals surface area contributed by atoms with Crippen LogP contribution in [0.1, 0.15) is 34.2 Å². The molecule has 0 saturated heterocycles. The van der Waals surface area contributed by atoms with Crippen molar-refractivity contribution in [3.63, 3.8) is 0 Å². The lowest BCUT2D eigenvalue weighted by Crippen LogP contribution is -1.93. The number of allylic oxidation sites excluding steroid dienone is 5. The summed E-state index contributed by atoms with van der Waals surface area (Å²) in [6.45, 7) is 0. The van der Waals surface area contributed by atoms with Crippen molar-refractivity contribution in [2.24, 2.45) is 0 Å². The Bertz CT molecular complexity index is 3120. The van der Waals surface area contributed by atoms with Crippen LogP contribution in [0.5, 0.6) is 0 Å². The Morgan fingerprint density at radius 2 is 0.898 bits per heavy atom. The molecule has 0 heterocycles. The van der Waals surface area contributed by atoms with Gasteiger partial charge in [0.05, 0.1) is 0 Å². The zero-order valence-electron chi connectivity index (χ0n) is 32.6. The van der Waals surface area contributed by atoms with Crippen LogP contribution in [0, 0.1) is 11.8 Å². The third kappa shape index (κ3) is 7.12. The number of hydrogen-bond donors (Lipinski definition) is 0. The standard InChI is InChI=1S/C59H40/c1-2-7-19-44(18-6-1)55(45-20-8-3-9-21-45)40-42-30-34-49(35-31-42)57-52-28-16-17-29-53(52)58(59-51-27-15-14-26-48(51)38-39-54(57)59)50-36-32-43(33-37-50)41-56(46-22-10-4-11-23-46)47-24-12-5-13-25-47/h3-6,8-41H,7H2/b55-40+. The Morgan fingerprint density at radius 1 is 0.407 bits per heavy atom. The maximum Gasteiger partial charge on any atom is 0.0282 e. The first-order valence-electron chi connectivity index (χ1n) is 20.3. The summed E-state index contributed by atoms with van der Waals surface area (Å²) in [6.07, 6.45) is 11.7. The molecule has 0 unspecified atom stereocenters. The Balaban J connectivity index is 1.12. The van der Waals surface area contributed by atoms with Gasteiger partial charge in [-0.05, 0) is 123 Å². The summed E-state index contributed by atoms with van der Waals surface area (Å²) in [7, 11) is 0. The van der Waals surface area contributed by atoms with Gasteiger partial charge in [0.1, 0.15) is 0 Å². The SMILES string of the molecule is C1#CCC=C(/C(=C\c2ccc(-c3c4ccccc4c(-c4ccc(C=C(c5ccccc5)c5ccccc5)cc4)c4c3ccc3ccccc34)cc2)c2ccccc2)C=C1. The molecular formula is C59H40. The molecule has 9 aromatic rings. The molecule has 0 radical (unpaired) electrons. The largest absolute Gasteiger partial charge is 0.0943 e. The summed E-state index contributed by atoms with van der Waals surface area (Å²) < 4.78 is 0. The maximum absolute atomic E-state index is 3.21.